The first-order valence-corrected chi connectivity index (χ1v) is 22.0. The minimum absolute atomic E-state index is 0.0566. The zero-order valence-electron chi connectivity index (χ0n) is 35.1. The number of anilines is 6. The second kappa shape index (κ2) is 26.5. The van der Waals surface area contributed by atoms with Gasteiger partial charge in [0, 0.05) is 83.0 Å². The quantitative estimate of drug-likeness (QED) is 0.103. The Hall–Kier alpha value is -5.92. The van der Waals surface area contributed by atoms with E-state index in [0.29, 0.717) is 56.5 Å². The van der Waals surface area contributed by atoms with Gasteiger partial charge in [0.05, 0.1) is 25.5 Å². The number of nitrogens with one attached hydrogen (secondary N) is 5. The average Bonchev–Trinajstić information content (AvgIpc) is 3.91. The molecule has 2 amide bonds. The van der Waals surface area contributed by atoms with Gasteiger partial charge < -0.3 is 37.2 Å². The van der Waals surface area contributed by atoms with Gasteiger partial charge in [-0.2, -0.15) is 15.5 Å². The minimum atomic E-state index is 0.0566. The molecular formula is C38H49Cl2N19O2S2. The number of carbonyl (C=O) groups is 2. The van der Waals surface area contributed by atoms with E-state index in [4.69, 9.17) is 39.5 Å². The highest BCUT2D eigenvalue weighted by atomic mass is 35.5. The van der Waals surface area contributed by atoms with Crippen LogP contribution in [0.1, 0.15) is 37.4 Å². The average molecular weight is 939 g/mol. The lowest BCUT2D eigenvalue weighted by Crippen LogP contribution is -2.50. The van der Waals surface area contributed by atoms with Crippen molar-refractivity contribution < 1.29 is 9.59 Å². The third kappa shape index (κ3) is 19.3. The maximum Gasteiger partial charge on any atom is 0.234 e. The molecule has 334 valence electrons. The van der Waals surface area contributed by atoms with Crippen LogP contribution in [0.5, 0.6) is 0 Å². The molecule has 0 atom stereocenters. The van der Waals surface area contributed by atoms with E-state index in [0.717, 1.165) is 52.4 Å². The number of aromatic nitrogens is 8. The maximum absolute atomic E-state index is 11.9. The molecule has 0 bridgehead atoms. The molecule has 5 aromatic heterocycles. The van der Waals surface area contributed by atoms with E-state index in [-0.39, 0.29) is 34.5 Å². The van der Waals surface area contributed by atoms with Crippen LogP contribution in [0.15, 0.2) is 49.2 Å². The number of amides is 2. The summed E-state index contributed by atoms with van der Waals surface area (Å²) in [5, 5.41) is 34.1. The van der Waals surface area contributed by atoms with E-state index in [2.05, 4.69) is 87.2 Å². The Labute approximate surface area is 383 Å². The third-order valence-electron chi connectivity index (χ3n) is 8.12. The number of halogens is 2. The third-order valence-corrected chi connectivity index (χ3v) is 10.1. The van der Waals surface area contributed by atoms with Crippen molar-refractivity contribution in [3.05, 3.63) is 69.5 Å². The Morgan fingerprint density at radius 2 is 1.19 bits per heavy atom. The van der Waals surface area contributed by atoms with Gasteiger partial charge in [-0.1, -0.05) is 22.7 Å². The van der Waals surface area contributed by atoms with Gasteiger partial charge in [0.2, 0.25) is 28.3 Å². The molecule has 21 nitrogen and oxygen atoms in total. The zero-order chi connectivity index (χ0) is 45.6. The Bertz CT molecular complexity index is 2250. The van der Waals surface area contributed by atoms with Crippen LogP contribution in [0.2, 0.25) is 10.6 Å². The molecule has 7 N–H and O–H groups in total. The highest BCUT2D eigenvalue weighted by molar-refractivity contribution is 7.16. The Balaban J connectivity index is 0.000000204. The molecule has 0 aromatic carbocycles. The summed E-state index contributed by atoms with van der Waals surface area (Å²) in [6, 6.07) is 9.48. The monoisotopic (exact) mass is 937 g/mol. The summed E-state index contributed by atoms with van der Waals surface area (Å²) in [5.74, 6) is 2.41. The van der Waals surface area contributed by atoms with Crippen LogP contribution in [0.25, 0.3) is 0 Å². The van der Waals surface area contributed by atoms with Crippen molar-refractivity contribution in [1.82, 2.24) is 65.6 Å². The lowest BCUT2D eigenvalue weighted by Gasteiger charge is -2.34. The number of rotatable bonds is 11. The van der Waals surface area contributed by atoms with Gasteiger partial charge in [-0.15, -0.1) is 0 Å². The number of nitrogens with zero attached hydrogens (tertiary/aromatic N) is 13. The van der Waals surface area contributed by atoms with Crippen LogP contribution in [0, 0.1) is 22.7 Å². The van der Waals surface area contributed by atoms with Crippen molar-refractivity contribution >= 4 is 91.4 Å². The van der Waals surface area contributed by atoms with E-state index in [1.165, 1.54) is 47.5 Å². The summed E-state index contributed by atoms with van der Waals surface area (Å²) in [5.41, 5.74) is 5.22. The molecule has 0 unspecified atom stereocenters. The molecule has 7 rings (SSSR count). The predicted molar refractivity (Wildman–Crippen MR) is 245 cm³/mol. The number of nitrogen functional groups attached to an aromatic ring is 1. The van der Waals surface area contributed by atoms with Crippen molar-refractivity contribution in [1.29, 1.82) is 10.5 Å². The summed E-state index contributed by atoms with van der Waals surface area (Å²) >= 11 is 13.5. The Morgan fingerprint density at radius 1 is 0.714 bits per heavy atom. The molecule has 63 heavy (non-hydrogen) atoms. The van der Waals surface area contributed by atoms with E-state index in [9.17, 15) is 9.59 Å². The molecule has 5 aromatic rings. The highest BCUT2D eigenvalue weighted by Crippen LogP contribution is 2.23. The first-order chi connectivity index (χ1) is 30.3. The number of hydrogen-bond donors (Lipinski definition) is 6. The number of nitrogens with two attached hydrogens (primary N) is 1. The fourth-order valence-electron chi connectivity index (χ4n) is 5.43. The maximum atomic E-state index is 11.9. The molecule has 0 spiro atoms. The second-order valence-corrected chi connectivity index (χ2v) is 16.7. The lowest BCUT2D eigenvalue weighted by molar-refractivity contribution is -0.123. The largest absolute Gasteiger partial charge is 0.384 e. The van der Waals surface area contributed by atoms with Crippen LogP contribution in [0.4, 0.5) is 33.7 Å². The van der Waals surface area contributed by atoms with Crippen LogP contribution in [-0.4, -0.2) is 139 Å². The molecule has 0 radical (unpaired) electrons. The van der Waals surface area contributed by atoms with Gasteiger partial charge in [0.25, 0.3) is 0 Å². The van der Waals surface area contributed by atoms with E-state index in [1.54, 1.807) is 24.4 Å². The molecule has 0 saturated carbocycles. The van der Waals surface area contributed by atoms with Gasteiger partial charge in [0.1, 0.15) is 39.3 Å². The first kappa shape index (κ1) is 49.7. The van der Waals surface area contributed by atoms with Crippen molar-refractivity contribution in [2.45, 2.75) is 39.8 Å². The van der Waals surface area contributed by atoms with Gasteiger partial charge in [-0.25, -0.2) is 34.9 Å². The molecule has 0 aliphatic carbocycles. The number of thiazole rings is 2. The number of hydrogen-bond acceptors (Lipinski definition) is 21. The van der Waals surface area contributed by atoms with Crippen LogP contribution in [-0.2, 0) is 9.59 Å². The molecular weight excluding hydrogens is 890 g/mol. The normalized spacial score (nSPS) is 13.7. The molecule has 7 heterocycles. The van der Waals surface area contributed by atoms with Gasteiger partial charge >= 0.3 is 0 Å². The fraction of sp³-hybridized carbons (Fsp3) is 0.421. The molecule has 2 saturated heterocycles. The first-order valence-electron chi connectivity index (χ1n) is 19.6. The summed E-state index contributed by atoms with van der Waals surface area (Å²) in [6.07, 6.45) is 7.77. The summed E-state index contributed by atoms with van der Waals surface area (Å²) in [4.78, 5) is 62.7. The van der Waals surface area contributed by atoms with Gasteiger partial charge in [0.15, 0.2) is 10.3 Å². The Morgan fingerprint density at radius 3 is 1.63 bits per heavy atom. The van der Waals surface area contributed by atoms with E-state index >= 15 is 0 Å². The van der Waals surface area contributed by atoms with Gasteiger partial charge in [-0.05, 0) is 69.1 Å². The molecule has 2 fully saturated rings. The van der Waals surface area contributed by atoms with E-state index in [1.807, 2.05) is 33.8 Å². The summed E-state index contributed by atoms with van der Waals surface area (Å²) < 4.78 is 0. The fourth-order valence-corrected chi connectivity index (χ4v) is 6.97. The SMILES string of the molecule is CC(C)NC(=O)CN1CCN(c2nccc(Nc3ncc(C#N)s3)n2)CC1.CC(C)NC(=O)CN1CCNCC1.N#Cc1cnc(Nc2ccnc(Cl)n2)s1.Nc1ccnc(Cl)n1. The number of carbonyl (C=O) groups excluding carboxylic acids is 2. The second-order valence-electron chi connectivity index (χ2n) is 14.0. The molecule has 25 heteroatoms. The summed E-state index contributed by atoms with van der Waals surface area (Å²) in [6.45, 7) is 15.9. The smallest absolute Gasteiger partial charge is 0.234 e. The van der Waals surface area contributed by atoms with Crippen molar-refractivity contribution in [3.63, 3.8) is 0 Å². The number of nitriles is 2. The van der Waals surface area contributed by atoms with Crippen molar-refractivity contribution in [2.75, 3.05) is 86.7 Å². The highest BCUT2D eigenvalue weighted by Gasteiger charge is 2.21. The standard InChI is InChI=1S/C17H22N8OS.C9H19N3O.C8H4ClN5S.C4H4ClN3/c1-12(2)21-15(26)11-24-5-7-25(8-6-24)16-19-4-3-14(22-16)23-17-20-10-13(9-18)27-17;1-8(2)11-9(13)7-12-5-3-10-4-6-12;9-7-11-2-1-6(13-7)14-8-12-4-5(3-10)15-8;5-4-7-2-1-3(6)8-4/h3-4,10,12H,5-8,11H2,1-2H3,(H,21,26)(H,19,20,22,23);8,10H,3-7H2,1-2H3,(H,11,13);1-2,4H,(H,11,12,13,14);1-2H,(H2,6,7,8). The Kier molecular flexibility index (Phi) is 20.9. The van der Waals surface area contributed by atoms with E-state index < -0.39 is 0 Å². The van der Waals surface area contributed by atoms with Crippen LogP contribution < -0.4 is 37.2 Å². The van der Waals surface area contributed by atoms with Crippen molar-refractivity contribution in [3.8, 4) is 12.1 Å². The minimum Gasteiger partial charge on any atom is -0.384 e. The predicted octanol–water partition coefficient (Wildman–Crippen LogP) is 3.53. The molecule has 2 aliphatic heterocycles. The van der Waals surface area contributed by atoms with Gasteiger partial charge in [-0.3, -0.25) is 19.4 Å². The topological polar surface area (TPSA) is 281 Å². The van der Waals surface area contributed by atoms with Crippen molar-refractivity contribution in [2.24, 2.45) is 0 Å². The lowest BCUT2D eigenvalue weighted by atomic mass is 10.3. The summed E-state index contributed by atoms with van der Waals surface area (Å²) in [7, 11) is 0. The molecule has 2 aliphatic rings. The zero-order valence-corrected chi connectivity index (χ0v) is 38.3. The van der Waals surface area contributed by atoms with Crippen LogP contribution >= 0.6 is 45.9 Å². The number of piperazine rings is 2. The van der Waals surface area contributed by atoms with Crippen LogP contribution in [0.3, 0.4) is 0 Å².